The molecule has 0 N–H and O–H groups in total. The van der Waals surface area contributed by atoms with Gasteiger partial charge in [0.05, 0.1) is 10.9 Å². The molecule has 0 spiro atoms. The number of carbonyl (C=O) groups is 1. The third-order valence-electron chi connectivity index (χ3n) is 4.18. The fraction of sp³-hybridized carbons (Fsp3) is 0.438. The topological polar surface area (TPSA) is 26.3 Å². The molecule has 0 aromatic heterocycles. The van der Waals surface area contributed by atoms with Gasteiger partial charge in [-0.05, 0) is 23.5 Å². The maximum absolute atomic E-state index is 13.6. The lowest BCUT2D eigenvalue weighted by atomic mass is 10.1. The summed E-state index contributed by atoms with van der Waals surface area (Å²) in [4.78, 5) is 12.1. The lowest BCUT2D eigenvalue weighted by Gasteiger charge is -2.08. The van der Waals surface area contributed by atoms with Crippen LogP contribution in [0.3, 0.4) is 0 Å². The lowest BCUT2D eigenvalue weighted by molar-refractivity contribution is -0.147. The van der Waals surface area contributed by atoms with Gasteiger partial charge in [-0.3, -0.25) is 4.79 Å². The van der Waals surface area contributed by atoms with Gasteiger partial charge in [0.25, 0.3) is 0 Å². The highest BCUT2D eigenvalue weighted by molar-refractivity contribution is 6.31. The summed E-state index contributed by atoms with van der Waals surface area (Å²) in [5.41, 5.74) is -0.701. The molecule has 1 fully saturated rings. The van der Waals surface area contributed by atoms with Crippen molar-refractivity contribution >= 4 is 29.2 Å². The number of carbonyl (C=O) groups excluding carboxylic acids is 1. The first-order valence-electron chi connectivity index (χ1n) is 7.00. The van der Waals surface area contributed by atoms with Crippen molar-refractivity contribution in [2.75, 3.05) is 0 Å². The van der Waals surface area contributed by atoms with E-state index in [9.17, 15) is 22.4 Å². The van der Waals surface area contributed by atoms with Crippen molar-refractivity contribution in [2.45, 2.75) is 26.6 Å². The maximum atomic E-state index is 13.6. The number of allylic oxidation sites excluding steroid dienone is 2. The Bertz CT molecular complexity index is 663. The third-order valence-corrected chi connectivity index (χ3v) is 4.88. The van der Waals surface area contributed by atoms with Gasteiger partial charge in [-0.1, -0.05) is 49.2 Å². The standard InChI is InChI=1S/C16H14Cl2F4O2/c1-15(2)9(6-12(18)16(20,21)22)13(15)14(23)24-7-8-10(17)4-3-5-11(8)19/h3-6,9,13H,7H2,1-2H3/t9-,13+/m1/s1. The Morgan fingerprint density at radius 2 is 2.00 bits per heavy atom. The first-order chi connectivity index (χ1) is 11.0. The van der Waals surface area contributed by atoms with Crippen LogP contribution in [-0.2, 0) is 16.1 Å². The molecule has 24 heavy (non-hydrogen) atoms. The fourth-order valence-electron chi connectivity index (χ4n) is 2.59. The van der Waals surface area contributed by atoms with Crippen molar-refractivity contribution in [1.29, 1.82) is 0 Å². The predicted molar refractivity (Wildman–Crippen MR) is 82.0 cm³/mol. The first-order valence-corrected chi connectivity index (χ1v) is 7.76. The Kier molecular flexibility index (Phi) is 5.21. The number of alkyl halides is 3. The summed E-state index contributed by atoms with van der Waals surface area (Å²) in [6, 6.07) is 4.03. The van der Waals surface area contributed by atoms with Gasteiger partial charge >= 0.3 is 12.1 Å². The monoisotopic (exact) mass is 384 g/mol. The van der Waals surface area contributed by atoms with Crippen LogP contribution in [0.4, 0.5) is 17.6 Å². The minimum atomic E-state index is -4.66. The van der Waals surface area contributed by atoms with Gasteiger partial charge in [0, 0.05) is 5.56 Å². The maximum Gasteiger partial charge on any atom is 0.426 e. The number of halogens is 6. The van der Waals surface area contributed by atoms with E-state index in [1.807, 2.05) is 0 Å². The van der Waals surface area contributed by atoms with E-state index in [0.29, 0.717) is 0 Å². The van der Waals surface area contributed by atoms with Crippen LogP contribution in [0.15, 0.2) is 29.3 Å². The molecule has 0 amide bonds. The highest BCUT2D eigenvalue weighted by atomic mass is 35.5. The van der Waals surface area contributed by atoms with Gasteiger partial charge in [0.15, 0.2) is 0 Å². The molecule has 1 aliphatic rings. The zero-order chi connectivity index (χ0) is 18.3. The van der Waals surface area contributed by atoms with E-state index in [1.54, 1.807) is 13.8 Å². The molecule has 132 valence electrons. The van der Waals surface area contributed by atoms with Gasteiger partial charge in [-0.2, -0.15) is 13.2 Å². The van der Waals surface area contributed by atoms with E-state index in [0.717, 1.165) is 6.08 Å². The van der Waals surface area contributed by atoms with Crippen LogP contribution in [0.25, 0.3) is 0 Å². The fourth-order valence-corrected chi connectivity index (χ4v) is 2.95. The van der Waals surface area contributed by atoms with Crippen molar-refractivity contribution in [3.05, 3.63) is 45.7 Å². The molecule has 0 radical (unpaired) electrons. The molecular formula is C16H14Cl2F4O2. The smallest absolute Gasteiger partial charge is 0.426 e. The number of esters is 1. The molecule has 0 bridgehead atoms. The summed E-state index contributed by atoms with van der Waals surface area (Å²) in [6.45, 7) is 2.88. The minimum absolute atomic E-state index is 0.0198. The van der Waals surface area contributed by atoms with Gasteiger partial charge in [-0.15, -0.1) is 0 Å². The molecular weight excluding hydrogens is 371 g/mol. The van der Waals surface area contributed by atoms with Crippen LogP contribution in [0.1, 0.15) is 19.4 Å². The molecule has 1 aromatic carbocycles. The van der Waals surface area contributed by atoms with Crippen LogP contribution in [-0.4, -0.2) is 12.1 Å². The molecule has 1 aromatic rings. The van der Waals surface area contributed by atoms with Gasteiger partial charge in [0.1, 0.15) is 17.5 Å². The number of hydrogen-bond acceptors (Lipinski definition) is 2. The molecule has 1 saturated carbocycles. The Hall–Kier alpha value is -1.27. The average Bonchev–Trinajstić information content (AvgIpc) is 2.98. The molecule has 1 aliphatic carbocycles. The van der Waals surface area contributed by atoms with Crippen molar-refractivity contribution < 1.29 is 27.1 Å². The second kappa shape index (κ2) is 6.56. The van der Waals surface area contributed by atoms with Crippen molar-refractivity contribution in [2.24, 2.45) is 17.3 Å². The zero-order valence-corrected chi connectivity index (χ0v) is 14.3. The van der Waals surface area contributed by atoms with Crippen LogP contribution >= 0.6 is 23.2 Å². The molecule has 2 atom stereocenters. The summed E-state index contributed by atoms with van der Waals surface area (Å²) >= 11 is 11.0. The molecule has 8 heteroatoms. The molecule has 2 rings (SSSR count). The van der Waals surface area contributed by atoms with Crippen molar-refractivity contribution in [1.82, 2.24) is 0 Å². The summed E-state index contributed by atoms with van der Waals surface area (Å²) < 4.78 is 56.2. The van der Waals surface area contributed by atoms with E-state index >= 15 is 0 Å². The van der Waals surface area contributed by atoms with Crippen LogP contribution in [0.5, 0.6) is 0 Å². The number of benzene rings is 1. The van der Waals surface area contributed by atoms with E-state index in [1.165, 1.54) is 18.2 Å². The number of ether oxygens (including phenoxy) is 1. The van der Waals surface area contributed by atoms with Gasteiger partial charge in [-0.25, -0.2) is 4.39 Å². The Labute approximate surface area is 146 Å². The summed E-state index contributed by atoms with van der Waals surface area (Å²) in [6.07, 6.45) is -3.83. The summed E-state index contributed by atoms with van der Waals surface area (Å²) in [5, 5.41) is -1.16. The number of rotatable bonds is 4. The summed E-state index contributed by atoms with van der Waals surface area (Å²) in [5.74, 6) is -2.82. The average molecular weight is 385 g/mol. The second-order valence-corrected chi connectivity index (χ2v) is 6.96. The Morgan fingerprint density at radius 3 is 2.54 bits per heavy atom. The molecule has 0 saturated heterocycles. The lowest BCUT2D eigenvalue weighted by Crippen LogP contribution is -2.11. The zero-order valence-electron chi connectivity index (χ0n) is 12.8. The highest BCUT2D eigenvalue weighted by Gasteiger charge is 2.62. The first kappa shape index (κ1) is 19.1. The van der Waals surface area contributed by atoms with Crippen molar-refractivity contribution in [3.8, 4) is 0 Å². The quantitative estimate of drug-likeness (QED) is 0.507. The van der Waals surface area contributed by atoms with Gasteiger partial charge in [0.2, 0.25) is 0 Å². The molecule has 0 unspecified atom stereocenters. The van der Waals surface area contributed by atoms with E-state index < -0.39 is 40.2 Å². The van der Waals surface area contributed by atoms with Gasteiger partial charge < -0.3 is 4.74 Å². The number of hydrogen-bond donors (Lipinski definition) is 0. The minimum Gasteiger partial charge on any atom is -0.460 e. The highest BCUT2D eigenvalue weighted by Crippen LogP contribution is 2.60. The van der Waals surface area contributed by atoms with Crippen LogP contribution in [0, 0.1) is 23.1 Å². The summed E-state index contributed by atoms with van der Waals surface area (Å²) in [7, 11) is 0. The molecule has 0 heterocycles. The van der Waals surface area contributed by atoms with Crippen molar-refractivity contribution in [3.63, 3.8) is 0 Å². The van der Waals surface area contributed by atoms with Crippen LogP contribution < -0.4 is 0 Å². The third kappa shape index (κ3) is 3.86. The van der Waals surface area contributed by atoms with E-state index in [-0.39, 0.29) is 17.2 Å². The Balaban J connectivity index is 2.06. The van der Waals surface area contributed by atoms with E-state index in [2.05, 4.69) is 0 Å². The Morgan fingerprint density at radius 1 is 1.38 bits per heavy atom. The second-order valence-electron chi connectivity index (χ2n) is 6.15. The van der Waals surface area contributed by atoms with Crippen LogP contribution in [0.2, 0.25) is 5.02 Å². The SMILES string of the molecule is CC1(C)[C@H](C=C(Cl)C(F)(F)F)[C@H]1C(=O)OCc1c(F)cccc1Cl. The molecule has 2 nitrogen and oxygen atoms in total. The predicted octanol–water partition coefficient (Wildman–Crippen LogP) is 5.48. The largest absolute Gasteiger partial charge is 0.460 e. The molecule has 0 aliphatic heterocycles. The normalized spacial score (nSPS) is 23.1. The van der Waals surface area contributed by atoms with E-state index in [4.69, 9.17) is 27.9 Å².